The number of nitrogens with one attached hydrogen (secondary N) is 1. The van der Waals surface area contributed by atoms with Gasteiger partial charge in [-0.2, -0.15) is 5.10 Å². The van der Waals surface area contributed by atoms with Gasteiger partial charge in [0.15, 0.2) is 11.5 Å². The average Bonchev–Trinajstić information content (AvgIpc) is 2.91. The first-order valence-electron chi connectivity index (χ1n) is 5.93. The Morgan fingerprint density at radius 3 is 2.33 bits per heavy atom. The van der Waals surface area contributed by atoms with Gasteiger partial charge in [-0.3, -0.25) is 0 Å². The molecule has 9 nitrogen and oxygen atoms in total. The second-order valence-corrected chi connectivity index (χ2v) is 3.89. The van der Waals surface area contributed by atoms with Crippen LogP contribution in [-0.2, 0) is 0 Å². The van der Waals surface area contributed by atoms with Gasteiger partial charge < -0.3 is 20.1 Å². The number of hydrazone groups is 1. The minimum absolute atomic E-state index is 0.318. The Kier molecular flexibility index (Phi) is 4.44. The van der Waals surface area contributed by atoms with Gasteiger partial charge in [-0.1, -0.05) is 0 Å². The van der Waals surface area contributed by atoms with Gasteiger partial charge >= 0.3 is 0 Å². The number of aromatic nitrogens is 3. The Labute approximate surface area is 121 Å². The van der Waals surface area contributed by atoms with Crippen molar-refractivity contribution >= 4 is 12.2 Å². The monoisotopic (exact) mass is 292 g/mol. The van der Waals surface area contributed by atoms with Gasteiger partial charge in [0, 0.05) is 5.56 Å². The standard InChI is InChI=1S/C12H16N6O3/c1-19-9-4-8(5-10(20-2)11(9)21-3)6-14-16-12-17-15-7-18(12)13/h4-7H,13H2,1-3H3,(H,16,17)/b14-6+. The van der Waals surface area contributed by atoms with Gasteiger partial charge in [0.1, 0.15) is 6.33 Å². The predicted molar refractivity (Wildman–Crippen MR) is 77.5 cm³/mol. The largest absolute Gasteiger partial charge is 0.493 e. The molecule has 0 radical (unpaired) electrons. The van der Waals surface area contributed by atoms with E-state index in [9.17, 15) is 0 Å². The molecular formula is C12H16N6O3. The molecule has 0 bridgehead atoms. The van der Waals surface area contributed by atoms with E-state index in [4.69, 9.17) is 20.1 Å². The topological polar surface area (TPSA) is 109 Å². The number of nitrogens with two attached hydrogens (primary N) is 1. The first-order valence-corrected chi connectivity index (χ1v) is 5.93. The van der Waals surface area contributed by atoms with E-state index in [0.717, 1.165) is 5.56 Å². The number of methoxy groups -OCH3 is 3. The molecule has 1 aromatic heterocycles. The van der Waals surface area contributed by atoms with E-state index in [1.165, 1.54) is 11.0 Å². The lowest BCUT2D eigenvalue weighted by molar-refractivity contribution is 0.324. The maximum atomic E-state index is 5.55. The summed E-state index contributed by atoms with van der Waals surface area (Å²) in [5.41, 5.74) is 3.42. The molecule has 2 rings (SSSR count). The number of nitrogens with zero attached hydrogens (tertiary/aromatic N) is 4. The van der Waals surface area contributed by atoms with Crippen molar-refractivity contribution in [3.63, 3.8) is 0 Å². The Bertz CT molecular complexity index is 615. The highest BCUT2D eigenvalue weighted by Gasteiger charge is 2.12. The second-order valence-electron chi connectivity index (χ2n) is 3.89. The van der Waals surface area contributed by atoms with E-state index in [-0.39, 0.29) is 0 Å². The third-order valence-corrected chi connectivity index (χ3v) is 2.64. The molecule has 0 unspecified atom stereocenters. The fourth-order valence-corrected chi connectivity index (χ4v) is 1.66. The molecule has 112 valence electrons. The minimum Gasteiger partial charge on any atom is -0.493 e. The zero-order valence-electron chi connectivity index (χ0n) is 11.9. The molecule has 0 aliphatic rings. The molecule has 3 N–H and O–H groups in total. The van der Waals surface area contributed by atoms with E-state index in [1.807, 2.05) is 0 Å². The van der Waals surface area contributed by atoms with E-state index >= 15 is 0 Å². The van der Waals surface area contributed by atoms with Crippen LogP contribution in [0.2, 0.25) is 0 Å². The molecule has 1 heterocycles. The van der Waals surface area contributed by atoms with E-state index in [0.29, 0.717) is 23.2 Å². The van der Waals surface area contributed by atoms with Gasteiger partial charge in [-0.15, -0.1) is 10.2 Å². The molecule has 21 heavy (non-hydrogen) atoms. The van der Waals surface area contributed by atoms with E-state index in [1.54, 1.807) is 39.7 Å². The Balaban J connectivity index is 2.22. The van der Waals surface area contributed by atoms with Crippen molar-refractivity contribution < 1.29 is 14.2 Å². The first kappa shape index (κ1) is 14.4. The predicted octanol–water partition coefficient (Wildman–Crippen LogP) is 0.464. The Hall–Kier alpha value is -2.97. The summed E-state index contributed by atoms with van der Waals surface area (Å²) in [4.78, 5) is 0. The van der Waals surface area contributed by atoms with Crippen LogP contribution in [0.25, 0.3) is 0 Å². The van der Waals surface area contributed by atoms with Crippen molar-refractivity contribution in [1.29, 1.82) is 0 Å². The molecule has 2 aromatic rings. The molecule has 0 aliphatic carbocycles. The highest BCUT2D eigenvalue weighted by molar-refractivity contribution is 5.82. The third kappa shape index (κ3) is 3.14. The van der Waals surface area contributed by atoms with Gasteiger partial charge in [0.05, 0.1) is 27.5 Å². The lowest BCUT2D eigenvalue weighted by atomic mass is 10.2. The number of anilines is 1. The molecule has 0 amide bonds. The second kappa shape index (κ2) is 6.46. The number of benzene rings is 1. The number of ether oxygens (including phenoxy) is 3. The van der Waals surface area contributed by atoms with Gasteiger partial charge in [-0.25, -0.2) is 10.1 Å². The highest BCUT2D eigenvalue weighted by Crippen LogP contribution is 2.37. The van der Waals surface area contributed by atoms with Crippen LogP contribution in [0.15, 0.2) is 23.6 Å². The van der Waals surface area contributed by atoms with Crippen molar-refractivity contribution in [3.05, 3.63) is 24.0 Å². The number of rotatable bonds is 6. The SMILES string of the molecule is COc1cc(/C=N/Nc2nncn2N)cc(OC)c1OC. The van der Waals surface area contributed by atoms with Crippen molar-refractivity contribution in [3.8, 4) is 17.2 Å². The lowest BCUT2D eigenvalue weighted by Gasteiger charge is -2.12. The van der Waals surface area contributed by atoms with E-state index in [2.05, 4.69) is 20.7 Å². The summed E-state index contributed by atoms with van der Waals surface area (Å²) in [7, 11) is 4.64. The van der Waals surface area contributed by atoms with Crippen LogP contribution in [0, 0.1) is 0 Å². The first-order chi connectivity index (χ1) is 10.2. The average molecular weight is 292 g/mol. The normalized spacial score (nSPS) is 10.6. The molecule has 9 heteroatoms. The number of hydrogen-bond donors (Lipinski definition) is 2. The maximum absolute atomic E-state index is 5.55. The quantitative estimate of drug-likeness (QED) is 0.452. The van der Waals surface area contributed by atoms with Crippen molar-refractivity contribution in [2.45, 2.75) is 0 Å². The Morgan fingerprint density at radius 1 is 1.19 bits per heavy atom. The summed E-state index contributed by atoms with van der Waals surface area (Å²) >= 11 is 0. The molecule has 0 atom stereocenters. The minimum atomic E-state index is 0.318. The summed E-state index contributed by atoms with van der Waals surface area (Å²) in [5.74, 6) is 7.47. The fraction of sp³-hybridized carbons (Fsp3) is 0.250. The van der Waals surface area contributed by atoms with Crippen LogP contribution < -0.4 is 25.5 Å². The van der Waals surface area contributed by atoms with Crippen molar-refractivity contribution in [2.75, 3.05) is 32.6 Å². The molecule has 0 aliphatic heterocycles. The zero-order chi connectivity index (χ0) is 15.2. The molecular weight excluding hydrogens is 276 g/mol. The van der Waals surface area contributed by atoms with Crippen LogP contribution >= 0.6 is 0 Å². The van der Waals surface area contributed by atoms with Crippen LogP contribution in [0.4, 0.5) is 5.95 Å². The summed E-state index contributed by atoms with van der Waals surface area (Å²) in [5, 5.41) is 11.4. The highest BCUT2D eigenvalue weighted by atomic mass is 16.5. The van der Waals surface area contributed by atoms with Crippen LogP contribution in [0.3, 0.4) is 0 Å². The van der Waals surface area contributed by atoms with Crippen molar-refractivity contribution in [1.82, 2.24) is 14.9 Å². The molecule has 1 aromatic carbocycles. The van der Waals surface area contributed by atoms with Crippen molar-refractivity contribution in [2.24, 2.45) is 5.10 Å². The zero-order valence-corrected chi connectivity index (χ0v) is 11.9. The summed E-state index contributed by atoms with van der Waals surface area (Å²) in [6, 6.07) is 3.53. The van der Waals surface area contributed by atoms with Crippen LogP contribution in [0.1, 0.15) is 5.56 Å². The maximum Gasteiger partial charge on any atom is 0.263 e. The van der Waals surface area contributed by atoms with Crippen LogP contribution in [0.5, 0.6) is 17.2 Å². The molecule has 0 saturated carbocycles. The van der Waals surface area contributed by atoms with Gasteiger partial charge in [0.25, 0.3) is 5.95 Å². The lowest BCUT2D eigenvalue weighted by Crippen LogP contribution is -2.10. The molecule has 0 fully saturated rings. The van der Waals surface area contributed by atoms with Gasteiger partial charge in [-0.05, 0) is 12.1 Å². The smallest absolute Gasteiger partial charge is 0.263 e. The summed E-state index contributed by atoms with van der Waals surface area (Å²) < 4.78 is 17.0. The molecule has 0 spiro atoms. The Morgan fingerprint density at radius 2 is 1.86 bits per heavy atom. The third-order valence-electron chi connectivity index (χ3n) is 2.64. The summed E-state index contributed by atoms with van der Waals surface area (Å²) in [6.07, 6.45) is 2.93. The fourth-order valence-electron chi connectivity index (χ4n) is 1.66. The van der Waals surface area contributed by atoms with Crippen LogP contribution in [-0.4, -0.2) is 42.4 Å². The number of nitrogen functional groups attached to an aromatic ring is 1. The van der Waals surface area contributed by atoms with E-state index < -0.39 is 0 Å². The summed E-state index contributed by atoms with van der Waals surface area (Å²) in [6.45, 7) is 0. The molecule has 0 saturated heterocycles. The van der Waals surface area contributed by atoms with Gasteiger partial charge in [0.2, 0.25) is 5.75 Å². The number of hydrogen-bond acceptors (Lipinski definition) is 8.